The highest BCUT2D eigenvalue weighted by atomic mass is 35.5. The third-order valence-corrected chi connectivity index (χ3v) is 5.97. The van der Waals surface area contributed by atoms with E-state index in [-0.39, 0.29) is 11.7 Å². The molecule has 0 atom stereocenters. The molecule has 160 valence electrons. The Kier molecular flexibility index (Phi) is 6.81. The number of aromatic hydroxyl groups is 1. The number of aliphatic imine (C=N–C) groups is 1. The number of halogens is 3. The zero-order valence-corrected chi connectivity index (χ0v) is 19.2. The molecule has 1 fully saturated rings. The predicted molar refractivity (Wildman–Crippen MR) is 131 cm³/mol. The number of nitrogens with zero attached hydrogens (tertiary/aromatic N) is 3. The number of phenols is 1. The van der Waals surface area contributed by atoms with E-state index in [9.17, 15) is 9.90 Å². The minimum Gasteiger partial charge on any atom is -0.507 e. The van der Waals surface area contributed by atoms with Crippen LogP contribution in [-0.2, 0) is 4.79 Å². The van der Waals surface area contributed by atoms with Gasteiger partial charge in [0.15, 0.2) is 5.17 Å². The Hall–Kier alpha value is -2.84. The van der Waals surface area contributed by atoms with Gasteiger partial charge in [-0.3, -0.25) is 4.79 Å². The van der Waals surface area contributed by atoms with Crippen LogP contribution in [0.2, 0.25) is 15.1 Å². The molecule has 0 radical (unpaired) electrons. The zero-order chi connectivity index (χ0) is 22.7. The molecule has 1 amide bonds. The summed E-state index contributed by atoms with van der Waals surface area (Å²) in [5, 5.41) is 22.9. The number of benzene rings is 3. The minimum absolute atomic E-state index is 0.00846. The summed E-state index contributed by atoms with van der Waals surface area (Å²) in [6.07, 6.45) is 1.55. The first-order valence-electron chi connectivity index (χ1n) is 9.13. The minimum atomic E-state index is -0.333. The summed E-state index contributed by atoms with van der Waals surface area (Å²) >= 11 is 19.3. The van der Waals surface area contributed by atoms with Crippen molar-refractivity contribution < 1.29 is 9.90 Å². The van der Waals surface area contributed by atoms with Crippen LogP contribution in [0.25, 0.3) is 6.08 Å². The zero-order valence-electron chi connectivity index (χ0n) is 16.1. The van der Waals surface area contributed by atoms with Crippen molar-refractivity contribution in [2.75, 3.05) is 0 Å². The number of thioether (sulfide) groups is 1. The molecule has 0 saturated carbocycles. The second-order valence-electron chi connectivity index (χ2n) is 6.47. The van der Waals surface area contributed by atoms with Crippen LogP contribution >= 0.6 is 46.6 Å². The van der Waals surface area contributed by atoms with E-state index in [1.807, 2.05) is 0 Å². The van der Waals surface area contributed by atoms with Gasteiger partial charge in [0.25, 0.3) is 5.91 Å². The molecule has 6 nitrogen and oxygen atoms in total. The molecule has 3 aromatic carbocycles. The Balaban J connectivity index is 1.58. The maximum atomic E-state index is 12.4. The van der Waals surface area contributed by atoms with Crippen LogP contribution in [0.3, 0.4) is 0 Å². The summed E-state index contributed by atoms with van der Waals surface area (Å²) in [5.74, 6) is -0.342. The van der Waals surface area contributed by atoms with Crippen molar-refractivity contribution in [3.8, 4) is 5.75 Å². The highest BCUT2D eigenvalue weighted by molar-refractivity contribution is 8.18. The number of amides is 1. The van der Waals surface area contributed by atoms with Gasteiger partial charge < -0.3 is 10.4 Å². The first-order valence-corrected chi connectivity index (χ1v) is 11.1. The lowest BCUT2D eigenvalue weighted by Crippen LogP contribution is -2.19. The Bertz CT molecular complexity index is 1310. The molecule has 1 heterocycles. The molecular formula is C22H13Cl3N4O2S. The Morgan fingerprint density at radius 1 is 0.906 bits per heavy atom. The third-order valence-electron chi connectivity index (χ3n) is 4.21. The fraction of sp³-hybridized carbons (Fsp3) is 0. The van der Waals surface area contributed by atoms with Crippen LogP contribution in [0.15, 0.2) is 80.8 Å². The summed E-state index contributed by atoms with van der Waals surface area (Å²) in [5.41, 5.74) is 1.87. The van der Waals surface area contributed by atoms with E-state index < -0.39 is 0 Å². The number of hydrogen-bond donors (Lipinski definition) is 2. The second-order valence-corrected chi connectivity index (χ2v) is 8.75. The molecule has 1 aliphatic rings. The average molecular weight is 504 g/mol. The molecular weight excluding hydrogens is 491 g/mol. The lowest BCUT2D eigenvalue weighted by molar-refractivity contribution is -0.115. The van der Waals surface area contributed by atoms with Crippen molar-refractivity contribution in [1.29, 1.82) is 0 Å². The average Bonchev–Trinajstić information content (AvgIpc) is 3.10. The van der Waals surface area contributed by atoms with Crippen molar-refractivity contribution in [1.82, 2.24) is 5.32 Å². The molecule has 1 aliphatic heterocycles. The van der Waals surface area contributed by atoms with Gasteiger partial charge in [-0.2, -0.15) is 5.11 Å². The Morgan fingerprint density at radius 3 is 2.50 bits per heavy atom. The van der Waals surface area contributed by atoms with Crippen LogP contribution in [-0.4, -0.2) is 16.2 Å². The molecule has 2 N–H and O–H groups in total. The van der Waals surface area contributed by atoms with Gasteiger partial charge in [-0.1, -0.05) is 46.9 Å². The number of carbonyl (C=O) groups is 1. The highest BCUT2D eigenvalue weighted by Crippen LogP contribution is 2.34. The van der Waals surface area contributed by atoms with E-state index in [0.29, 0.717) is 47.8 Å². The molecule has 4 rings (SSSR count). The molecule has 32 heavy (non-hydrogen) atoms. The first kappa shape index (κ1) is 22.4. The largest absolute Gasteiger partial charge is 0.507 e. The SMILES string of the molecule is O=C1NC(=Nc2ccccc2Cl)S/C1=C/c1cc(N=Nc2ccc(Cl)cc2Cl)ccc1O. The maximum Gasteiger partial charge on any atom is 0.264 e. The number of carbonyl (C=O) groups excluding carboxylic acids is 1. The lowest BCUT2D eigenvalue weighted by atomic mass is 10.1. The monoisotopic (exact) mass is 502 g/mol. The fourth-order valence-electron chi connectivity index (χ4n) is 2.67. The first-order chi connectivity index (χ1) is 15.4. The number of amidine groups is 1. The number of rotatable bonds is 4. The standard InChI is InChI=1S/C22H13Cl3N4O2S/c23-13-5-7-18(16(25)11-13)29-28-14-6-8-19(30)12(9-14)10-20-21(31)27-22(32-20)26-17-4-2-1-3-15(17)24/h1-11,30H,(H,26,27,31)/b20-10+,29-28?. The van der Waals surface area contributed by atoms with Crippen LogP contribution in [0.5, 0.6) is 5.75 Å². The van der Waals surface area contributed by atoms with Crippen molar-refractivity contribution in [2.45, 2.75) is 0 Å². The predicted octanol–water partition coefficient (Wildman–Crippen LogP) is 7.66. The van der Waals surface area contributed by atoms with Gasteiger partial charge in [0.1, 0.15) is 11.4 Å². The molecule has 0 aromatic heterocycles. The smallest absolute Gasteiger partial charge is 0.264 e. The highest BCUT2D eigenvalue weighted by Gasteiger charge is 2.24. The third kappa shape index (κ3) is 5.31. The quantitative estimate of drug-likeness (QED) is 0.283. The molecule has 0 spiro atoms. The molecule has 0 bridgehead atoms. The van der Waals surface area contributed by atoms with E-state index in [4.69, 9.17) is 34.8 Å². The van der Waals surface area contributed by atoms with Gasteiger partial charge in [-0.15, -0.1) is 5.11 Å². The number of azo groups is 1. The lowest BCUT2D eigenvalue weighted by Gasteiger charge is -2.02. The van der Waals surface area contributed by atoms with Crippen molar-refractivity contribution in [3.63, 3.8) is 0 Å². The van der Waals surface area contributed by atoms with Crippen LogP contribution < -0.4 is 5.32 Å². The van der Waals surface area contributed by atoms with Gasteiger partial charge in [-0.25, -0.2) is 4.99 Å². The van der Waals surface area contributed by atoms with E-state index in [2.05, 4.69) is 20.5 Å². The van der Waals surface area contributed by atoms with E-state index in [0.717, 1.165) is 11.8 Å². The van der Waals surface area contributed by atoms with E-state index in [1.54, 1.807) is 60.7 Å². The molecule has 0 aliphatic carbocycles. The van der Waals surface area contributed by atoms with E-state index in [1.165, 1.54) is 6.07 Å². The summed E-state index contributed by atoms with van der Waals surface area (Å²) in [4.78, 5) is 17.1. The number of phenolic OH excluding ortho intramolecular Hbond substituents is 1. The van der Waals surface area contributed by atoms with Gasteiger partial charge in [-0.05, 0) is 66.4 Å². The summed E-state index contributed by atoms with van der Waals surface area (Å²) in [6.45, 7) is 0. The van der Waals surface area contributed by atoms with Gasteiger partial charge in [0.05, 0.1) is 26.3 Å². The number of para-hydroxylation sites is 1. The normalized spacial score (nSPS) is 16.3. The summed E-state index contributed by atoms with van der Waals surface area (Å²) < 4.78 is 0. The van der Waals surface area contributed by atoms with Crippen molar-refractivity contribution in [2.24, 2.45) is 15.2 Å². The second kappa shape index (κ2) is 9.75. The molecule has 3 aromatic rings. The van der Waals surface area contributed by atoms with Gasteiger partial charge in [0, 0.05) is 10.6 Å². The van der Waals surface area contributed by atoms with Crippen LogP contribution in [0.4, 0.5) is 17.1 Å². The number of hydrogen-bond acceptors (Lipinski definition) is 6. The van der Waals surface area contributed by atoms with Crippen molar-refractivity contribution >= 4 is 80.8 Å². The van der Waals surface area contributed by atoms with Gasteiger partial charge >= 0.3 is 0 Å². The molecule has 0 unspecified atom stereocenters. The topological polar surface area (TPSA) is 86.4 Å². The van der Waals surface area contributed by atoms with Crippen molar-refractivity contribution in [3.05, 3.63) is 86.2 Å². The summed E-state index contributed by atoms with van der Waals surface area (Å²) in [6, 6.07) is 16.6. The van der Waals surface area contributed by atoms with Crippen LogP contribution in [0, 0.1) is 0 Å². The summed E-state index contributed by atoms with van der Waals surface area (Å²) in [7, 11) is 0. The Morgan fingerprint density at radius 2 is 1.72 bits per heavy atom. The number of nitrogens with one attached hydrogen (secondary N) is 1. The maximum absolute atomic E-state index is 12.4. The Labute approximate surface area is 202 Å². The van der Waals surface area contributed by atoms with Crippen LogP contribution in [0.1, 0.15) is 5.56 Å². The van der Waals surface area contributed by atoms with Gasteiger partial charge in [0.2, 0.25) is 0 Å². The molecule has 10 heteroatoms. The fourth-order valence-corrected chi connectivity index (χ4v) is 4.12. The van der Waals surface area contributed by atoms with E-state index >= 15 is 0 Å². The molecule has 1 saturated heterocycles.